The number of aromatic amines is 1. The number of fused-ring (bicyclic) bond motifs is 3. The number of benzene rings is 2. The molecule has 3 aromatic rings. The molecule has 1 saturated heterocycles. The molecule has 1 aliphatic heterocycles. The summed E-state index contributed by atoms with van der Waals surface area (Å²) in [6.45, 7) is 0.522. The third kappa shape index (κ3) is 3.82. The van der Waals surface area contributed by atoms with Crippen molar-refractivity contribution in [2.24, 2.45) is 0 Å². The Balaban J connectivity index is 1.23. The Morgan fingerprint density at radius 1 is 1.09 bits per heavy atom. The number of carbonyl (C=O) groups excluding carboxylic acids is 2. The van der Waals surface area contributed by atoms with Gasteiger partial charge in [-0.1, -0.05) is 48.5 Å². The van der Waals surface area contributed by atoms with Crippen molar-refractivity contribution in [3.63, 3.8) is 0 Å². The number of hydrogen-bond donors (Lipinski definition) is 3. The maximum atomic E-state index is 12.6. The lowest BCUT2D eigenvalue weighted by Crippen LogP contribution is -2.40. The Bertz CT molecular complexity index is 1190. The highest BCUT2D eigenvalue weighted by molar-refractivity contribution is 5.96. The van der Waals surface area contributed by atoms with Crippen molar-refractivity contribution < 1.29 is 24.2 Å². The van der Waals surface area contributed by atoms with Crippen LogP contribution in [0.25, 0.3) is 11.1 Å². The highest BCUT2D eigenvalue weighted by Gasteiger charge is 2.35. The molecule has 9 heteroatoms. The first-order valence-corrected chi connectivity index (χ1v) is 10.7. The number of amides is 2. The highest BCUT2D eigenvalue weighted by atomic mass is 16.5. The maximum absolute atomic E-state index is 12.6. The number of anilines is 1. The highest BCUT2D eigenvalue weighted by Crippen LogP contribution is 2.44. The second-order valence-electron chi connectivity index (χ2n) is 8.11. The third-order valence-corrected chi connectivity index (χ3v) is 6.18. The molecule has 1 fully saturated rings. The number of carbonyl (C=O) groups is 3. The van der Waals surface area contributed by atoms with E-state index in [4.69, 9.17) is 4.74 Å². The number of aromatic nitrogens is 2. The molecule has 0 saturated carbocycles. The fourth-order valence-corrected chi connectivity index (χ4v) is 4.66. The molecule has 0 bridgehead atoms. The Morgan fingerprint density at radius 3 is 2.42 bits per heavy atom. The van der Waals surface area contributed by atoms with Gasteiger partial charge in [-0.25, -0.2) is 9.59 Å². The molecule has 33 heavy (non-hydrogen) atoms. The van der Waals surface area contributed by atoms with Crippen LogP contribution in [-0.4, -0.2) is 57.4 Å². The Kier molecular flexibility index (Phi) is 5.29. The number of likely N-dealkylation sites (tertiary alicyclic amines) is 1. The molecule has 2 heterocycles. The fraction of sp³-hybridized carbons (Fsp3) is 0.250. The number of aliphatic carboxylic acids is 1. The smallest absolute Gasteiger partial charge is 0.412 e. The van der Waals surface area contributed by atoms with Crippen molar-refractivity contribution in [3.05, 3.63) is 71.4 Å². The van der Waals surface area contributed by atoms with E-state index in [-0.39, 0.29) is 24.0 Å². The fourth-order valence-electron chi connectivity index (χ4n) is 4.66. The predicted molar refractivity (Wildman–Crippen MR) is 119 cm³/mol. The van der Waals surface area contributed by atoms with Gasteiger partial charge in [0.2, 0.25) is 0 Å². The number of rotatable bonds is 5. The first-order valence-electron chi connectivity index (χ1n) is 10.7. The Hall–Kier alpha value is -4.14. The van der Waals surface area contributed by atoms with Crippen molar-refractivity contribution in [1.82, 2.24) is 15.1 Å². The molecule has 5 rings (SSSR count). The summed E-state index contributed by atoms with van der Waals surface area (Å²) in [5, 5.41) is 18.3. The zero-order valence-electron chi connectivity index (χ0n) is 17.7. The molecule has 1 unspecified atom stereocenters. The minimum atomic E-state index is -1.03. The largest absolute Gasteiger partial charge is 0.480 e. The number of H-pyrrole nitrogens is 1. The second kappa shape index (κ2) is 8.42. The molecule has 2 amide bonds. The van der Waals surface area contributed by atoms with Crippen molar-refractivity contribution in [2.45, 2.75) is 24.8 Å². The van der Waals surface area contributed by atoms with Gasteiger partial charge in [0.1, 0.15) is 18.3 Å². The van der Waals surface area contributed by atoms with E-state index in [1.165, 1.54) is 11.0 Å². The molecule has 0 radical (unpaired) electrons. The second-order valence-corrected chi connectivity index (χ2v) is 8.11. The number of nitrogens with one attached hydrogen (secondary N) is 2. The van der Waals surface area contributed by atoms with Crippen LogP contribution in [0.4, 0.5) is 10.6 Å². The average Bonchev–Trinajstić information content (AvgIpc) is 3.55. The predicted octanol–water partition coefficient (Wildman–Crippen LogP) is 3.46. The Labute approximate surface area is 189 Å². The number of carboxylic acid groups (broad SMARTS) is 1. The summed E-state index contributed by atoms with van der Waals surface area (Å²) in [5.41, 5.74) is 4.60. The molecule has 9 nitrogen and oxygen atoms in total. The lowest BCUT2D eigenvalue weighted by atomic mass is 9.98. The zero-order chi connectivity index (χ0) is 22.9. The monoisotopic (exact) mass is 446 g/mol. The summed E-state index contributed by atoms with van der Waals surface area (Å²) in [6.07, 6.45) is 0.355. The maximum Gasteiger partial charge on any atom is 0.412 e. The normalized spacial score (nSPS) is 16.8. The van der Waals surface area contributed by atoms with E-state index >= 15 is 0 Å². The summed E-state index contributed by atoms with van der Waals surface area (Å²) in [7, 11) is 0. The summed E-state index contributed by atoms with van der Waals surface area (Å²) < 4.78 is 5.48. The molecule has 2 aliphatic rings. The molecule has 168 valence electrons. The van der Waals surface area contributed by atoms with Gasteiger partial charge in [-0.2, -0.15) is 5.10 Å². The first-order chi connectivity index (χ1) is 16.0. The summed E-state index contributed by atoms with van der Waals surface area (Å²) >= 11 is 0. The van der Waals surface area contributed by atoms with Crippen molar-refractivity contribution in [3.8, 4) is 11.1 Å². The van der Waals surface area contributed by atoms with E-state index < -0.39 is 24.0 Å². The van der Waals surface area contributed by atoms with Gasteiger partial charge in [-0.3, -0.25) is 15.2 Å². The van der Waals surface area contributed by atoms with Crippen LogP contribution < -0.4 is 5.32 Å². The molecule has 2 aromatic carbocycles. The van der Waals surface area contributed by atoms with Crippen LogP contribution in [0.3, 0.4) is 0 Å². The minimum Gasteiger partial charge on any atom is -0.480 e. The Morgan fingerprint density at radius 2 is 1.76 bits per heavy atom. The van der Waals surface area contributed by atoms with Crippen LogP contribution in [0.2, 0.25) is 0 Å². The van der Waals surface area contributed by atoms with Gasteiger partial charge in [0.15, 0.2) is 5.82 Å². The van der Waals surface area contributed by atoms with Gasteiger partial charge in [-0.15, -0.1) is 0 Å². The standard InChI is InChI=1S/C24H22N4O5/c29-22(28-11-5-10-20(28)23(30)31)19-12-21(27-26-19)25-24(32)33-13-18-16-8-3-1-6-14(16)15-7-2-4-9-17(15)18/h1-4,6-9,12,18,20H,5,10-11,13H2,(H,30,31)(H2,25,26,27,32). The van der Waals surface area contributed by atoms with Gasteiger partial charge in [0.25, 0.3) is 5.91 Å². The van der Waals surface area contributed by atoms with Crippen molar-refractivity contribution >= 4 is 23.8 Å². The lowest BCUT2D eigenvalue weighted by molar-refractivity contribution is -0.141. The number of nitrogens with zero attached hydrogens (tertiary/aromatic N) is 2. The molecular formula is C24H22N4O5. The summed E-state index contributed by atoms with van der Waals surface area (Å²) in [5.74, 6) is -1.44. The topological polar surface area (TPSA) is 125 Å². The van der Waals surface area contributed by atoms with Gasteiger partial charge >= 0.3 is 12.1 Å². The third-order valence-electron chi connectivity index (χ3n) is 6.18. The average molecular weight is 446 g/mol. The van der Waals surface area contributed by atoms with E-state index in [2.05, 4.69) is 27.6 Å². The van der Waals surface area contributed by atoms with Crippen LogP contribution in [0, 0.1) is 0 Å². The van der Waals surface area contributed by atoms with E-state index in [0.717, 1.165) is 22.3 Å². The van der Waals surface area contributed by atoms with Crippen molar-refractivity contribution in [2.75, 3.05) is 18.5 Å². The van der Waals surface area contributed by atoms with Gasteiger partial charge < -0.3 is 14.7 Å². The molecule has 1 aromatic heterocycles. The molecular weight excluding hydrogens is 424 g/mol. The van der Waals surface area contributed by atoms with Gasteiger partial charge in [0.05, 0.1) is 0 Å². The summed E-state index contributed by atoms with van der Waals surface area (Å²) in [4.78, 5) is 37.7. The summed E-state index contributed by atoms with van der Waals surface area (Å²) in [6, 6.07) is 16.6. The quantitative estimate of drug-likeness (QED) is 0.551. The van der Waals surface area contributed by atoms with Crippen LogP contribution in [0.15, 0.2) is 54.6 Å². The van der Waals surface area contributed by atoms with E-state index in [1.807, 2.05) is 36.4 Å². The molecule has 1 aliphatic carbocycles. The number of ether oxygens (including phenoxy) is 1. The molecule has 1 atom stereocenters. The molecule has 3 N–H and O–H groups in total. The minimum absolute atomic E-state index is 0.0670. The number of hydrogen-bond acceptors (Lipinski definition) is 5. The van der Waals surface area contributed by atoms with Crippen LogP contribution in [-0.2, 0) is 9.53 Å². The SMILES string of the molecule is O=C(Nc1cc(C(=O)N2CCCC2C(=O)O)[nH]n1)OCC1c2ccccc2-c2ccccc21. The van der Waals surface area contributed by atoms with Gasteiger partial charge in [-0.05, 0) is 35.1 Å². The first kappa shape index (κ1) is 20.7. The number of carboxylic acids is 1. The van der Waals surface area contributed by atoms with Crippen LogP contribution in [0.5, 0.6) is 0 Å². The molecule has 0 spiro atoms. The van der Waals surface area contributed by atoms with Crippen molar-refractivity contribution in [1.29, 1.82) is 0 Å². The van der Waals surface area contributed by atoms with E-state index in [1.54, 1.807) is 0 Å². The lowest BCUT2D eigenvalue weighted by Gasteiger charge is -2.20. The van der Waals surface area contributed by atoms with Crippen LogP contribution >= 0.6 is 0 Å². The van der Waals surface area contributed by atoms with Crippen LogP contribution in [0.1, 0.15) is 40.4 Å². The van der Waals surface area contributed by atoms with Gasteiger partial charge in [0, 0.05) is 18.5 Å². The van der Waals surface area contributed by atoms with E-state index in [0.29, 0.717) is 19.4 Å². The van der Waals surface area contributed by atoms with E-state index in [9.17, 15) is 19.5 Å². The zero-order valence-corrected chi connectivity index (χ0v) is 17.7.